The molecule has 0 aromatic heterocycles. The largest absolute Gasteiger partial charge is 0.469 e. The maximum absolute atomic E-state index is 12.3. The number of ether oxygens (including phenoxy) is 2. The van der Waals surface area contributed by atoms with Crippen molar-refractivity contribution in [3.8, 4) is 0 Å². The first-order valence-electron chi connectivity index (χ1n) is 8.67. The summed E-state index contributed by atoms with van der Waals surface area (Å²) in [5, 5.41) is 2.53. The average molecular weight is 339 g/mol. The number of Topliss-reactive ketones (excluding diaryl/α,β-unsaturated/α-hetero) is 1. The highest BCUT2D eigenvalue weighted by atomic mass is 16.6. The number of alkyl carbamates (subject to hydrolysis) is 1. The summed E-state index contributed by atoms with van der Waals surface area (Å²) in [6.45, 7) is 5.35. The Morgan fingerprint density at radius 1 is 1.00 bits per heavy atom. The number of rotatable bonds is 5. The minimum Gasteiger partial charge on any atom is -0.469 e. The van der Waals surface area contributed by atoms with Gasteiger partial charge >= 0.3 is 12.1 Å². The van der Waals surface area contributed by atoms with Gasteiger partial charge in [0.25, 0.3) is 0 Å². The van der Waals surface area contributed by atoms with Gasteiger partial charge < -0.3 is 14.8 Å². The molecule has 3 aliphatic carbocycles. The topological polar surface area (TPSA) is 81.7 Å². The van der Waals surface area contributed by atoms with E-state index in [-0.39, 0.29) is 29.1 Å². The van der Waals surface area contributed by atoms with Gasteiger partial charge in [-0.05, 0) is 64.7 Å². The molecule has 3 rings (SSSR count). The molecule has 3 fully saturated rings. The molecule has 0 unspecified atom stereocenters. The van der Waals surface area contributed by atoms with Crippen molar-refractivity contribution in [2.75, 3.05) is 13.7 Å². The van der Waals surface area contributed by atoms with Crippen molar-refractivity contribution < 1.29 is 23.9 Å². The van der Waals surface area contributed by atoms with Crippen LogP contribution in [0.15, 0.2) is 0 Å². The van der Waals surface area contributed by atoms with Gasteiger partial charge in [0.1, 0.15) is 5.60 Å². The van der Waals surface area contributed by atoms with E-state index in [1.54, 1.807) is 20.8 Å². The highest BCUT2D eigenvalue weighted by Crippen LogP contribution is 2.58. The number of hydrogen-bond donors (Lipinski definition) is 1. The first-order chi connectivity index (χ1) is 11.1. The van der Waals surface area contributed by atoms with Crippen molar-refractivity contribution in [3.63, 3.8) is 0 Å². The number of hydrogen-bond acceptors (Lipinski definition) is 5. The summed E-state index contributed by atoms with van der Waals surface area (Å²) in [5.74, 6) is -0.0814. The van der Waals surface area contributed by atoms with E-state index in [2.05, 4.69) is 5.32 Å². The van der Waals surface area contributed by atoms with Crippen LogP contribution in [0.25, 0.3) is 0 Å². The SMILES string of the molecule is COC(=O)C12CCC(CC(=O)CNC(=O)OC(C)(C)C)(CC1)CC2. The molecule has 1 amide bonds. The van der Waals surface area contributed by atoms with E-state index in [4.69, 9.17) is 9.47 Å². The third-order valence-electron chi connectivity index (χ3n) is 5.42. The molecular weight excluding hydrogens is 310 g/mol. The Kier molecular flexibility index (Phi) is 5.25. The molecule has 2 bridgehead atoms. The number of esters is 1. The van der Waals surface area contributed by atoms with Crippen LogP contribution >= 0.6 is 0 Å². The van der Waals surface area contributed by atoms with Crippen molar-refractivity contribution in [3.05, 3.63) is 0 Å². The first kappa shape index (κ1) is 18.7. The zero-order valence-corrected chi connectivity index (χ0v) is 15.2. The Labute approximate surface area is 143 Å². The molecular formula is C18H29NO5. The molecule has 0 saturated heterocycles. The van der Waals surface area contributed by atoms with E-state index in [0.717, 1.165) is 38.5 Å². The molecule has 1 N–H and O–H groups in total. The zero-order chi connectivity index (χ0) is 18.0. The molecule has 0 aromatic rings. The standard InChI is InChI=1S/C18H29NO5/c1-16(2,3)24-15(22)19-12-13(20)11-17-5-8-18(9-6-17,10-7-17)14(21)23-4/h5-12H2,1-4H3,(H,19,22). The van der Waals surface area contributed by atoms with Crippen LogP contribution in [0.5, 0.6) is 0 Å². The van der Waals surface area contributed by atoms with E-state index >= 15 is 0 Å². The van der Waals surface area contributed by atoms with Crippen molar-refractivity contribution in [2.45, 2.75) is 71.3 Å². The van der Waals surface area contributed by atoms with Gasteiger partial charge in [0.05, 0.1) is 19.1 Å². The lowest BCUT2D eigenvalue weighted by Crippen LogP contribution is -2.47. The number of methoxy groups -OCH3 is 1. The molecule has 0 spiro atoms. The van der Waals surface area contributed by atoms with Gasteiger partial charge in [-0.2, -0.15) is 0 Å². The molecule has 3 saturated carbocycles. The molecule has 6 heteroatoms. The van der Waals surface area contributed by atoms with Crippen LogP contribution in [0.3, 0.4) is 0 Å². The average Bonchev–Trinajstić information content (AvgIpc) is 2.52. The smallest absolute Gasteiger partial charge is 0.408 e. The van der Waals surface area contributed by atoms with Crippen molar-refractivity contribution >= 4 is 17.8 Å². The second kappa shape index (κ2) is 6.73. The van der Waals surface area contributed by atoms with Crippen LogP contribution in [0.2, 0.25) is 0 Å². The number of fused-ring (bicyclic) bond motifs is 3. The lowest BCUT2D eigenvalue weighted by Gasteiger charge is -2.51. The number of amides is 1. The van der Waals surface area contributed by atoms with Crippen molar-refractivity contribution in [1.82, 2.24) is 5.32 Å². The van der Waals surface area contributed by atoms with Gasteiger partial charge in [-0.3, -0.25) is 9.59 Å². The summed E-state index contributed by atoms with van der Waals surface area (Å²) in [4.78, 5) is 35.9. The monoisotopic (exact) mass is 339 g/mol. The molecule has 3 aliphatic rings. The summed E-state index contributed by atoms with van der Waals surface area (Å²) in [6.07, 6.45) is 4.91. The fourth-order valence-corrected chi connectivity index (χ4v) is 4.02. The van der Waals surface area contributed by atoms with Crippen LogP contribution in [0.4, 0.5) is 4.79 Å². The first-order valence-corrected chi connectivity index (χ1v) is 8.67. The second-order valence-corrected chi connectivity index (χ2v) is 8.34. The van der Waals surface area contributed by atoms with Crippen LogP contribution in [-0.2, 0) is 19.1 Å². The van der Waals surface area contributed by atoms with E-state index in [1.807, 2.05) is 0 Å². The predicted molar refractivity (Wildman–Crippen MR) is 88.4 cm³/mol. The molecule has 0 atom stereocenters. The fraction of sp³-hybridized carbons (Fsp3) is 0.833. The van der Waals surface area contributed by atoms with Crippen molar-refractivity contribution in [2.24, 2.45) is 10.8 Å². The third kappa shape index (κ3) is 4.28. The minimum atomic E-state index is -0.574. The van der Waals surface area contributed by atoms with Crippen LogP contribution in [0, 0.1) is 10.8 Å². The number of carbonyl (C=O) groups excluding carboxylic acids is 3. The Hall–Kier alpha value is -1.59. The highest BCUT2D eigenvalue weighted by molar-refractivity contribution is 5.84. The summed E-state index contributed by atoms with van der Waals surface area (Å²) in [7, 11) is 1.44. The number of ketones is 1. The van der Waals surface area contributed by atoms with Gasteiger partial charge in [0.15, 0.2) is 5.78 Å². The molecule has 24 heavy (non-hydrogen) atoms. The number of nitrogens with one attached hydrogen (secondary N) is 1. The minimum absolute atomic E-state index is 0.00118. The second-order valence-electron chi connectivity index (χ2n) is 8.34. The molecule has 0 heterocycles. The van der Waals surface area contributed by atoms with Gasteiger partial charge in [-0.15, -0.1) is 0 Å². The summed E-state index contributed by atoms with van der Waals surface area (Å²) in [5.41, 5.74) is -0.910. The van der Waals surface area contributed by atoms with Crippen LogP contribution in [0.1, 0.15) is 65.7 Å². The molecule has 0 aromatic carbocycles. The molecule has 0 aliphatic heterocycles. The van der Waals surface area contributed by atoms with Gasteiger partial charge in [-0.25, -0.2) is 4.79 Å². The zero-order valence-electron chi connectivity index (χ0n) is 15.2. The normalized spacial score (nSPS) is 29.0. The number of carbonyl (C=O) groups is 3. The van der Waals surface area contributed by atoms with Gasteiger partial charge in [-0.1, -0.05) is 0 Å². The van der Waals surface area contributed by atoms with Crippen LogP contribution < -0.4 is 5.32 Å². The summed E-state index contributed by atoms with van der Waals surface area (Å²) in [6, 6.07) is 0. The third-order valence-corrected chi connectivity index (χ3v) is 5.42. The van der Waals surface area contributed by atoms with Crippen LogP contribution in [-0.4, -0.2) is 37.1 Å². The Morgan fingerprint density at radius 2 is 1.54 bits per heavy atom. The van der Waals surface area contributed by atoms with E-state index in [0.29, 0.717) is 6.42 Å². The fourth-order valence-electron chi connectivity index (χ4n) is 4.02. The van der Waals surface area contributed by atoms with E-state index < -0.39 is 11.7 Å². The maximum Gasteiger partial charge on any atom is 0.408 e. The van der Waals surface area contributed by atoms with Gasteiger partial charge in [0.2, 0.25) is 0 Å². The molecule has 0 radical (unpaired) electrons. The molecule has 6 nitrogen and oxygen atoms in total. The van der Waals surface area contributed by atoms with E-state index in [9.17, 15) is 14.4 Å². The molecule has 136 valence electrons. The highest BCUT2D eigenvalue weighted by Gasteiger charge is 2.53. The summed E-state index contributed by atoms with van der Waals surface area (Å²) < 4.78 is 10.1. The van der Waals surface area contributed by atoms with E-state index in [1.165, 1.54) is 7.11 Å². The summed E-state index contributed by atoms with van der Waals surface area (Å²) >= 11 is 0. The Balaban J connectivity index is 1.82. The Bertz CT molecular complexity index is 495. The van der Waals surface area contributed by atoms with Crippen molar-refractivity contribution in [1.29, 1.82) is 0 Å². The quantitative estimate of drug-likeness (QED) is 0.779. The predicted octanol–water partition coefficient (Wildman–Crippen LogP) is 2.98. The maximum atomic E-state index is 12.3. The Morgan fingerprint density at radius 3 is 2.00 bits per heavy atom. The lowest BCUT2D eigenvalue weighted by atomic mass is 9.52. The van der Waals surface area contributed by atoms with Gasteiger partial charge in [0, 0.05) is 6.42 Å². The lowest BCUT2D eigenvalue weighted by molar-refractivity contribution is -0.163.